The van der Waals surface area contributed by atoms with Crippen LogP contribution in [0.1, 0.15) is 27.7 Å². The van der Waals surface area contributed by atoms with Crippen LogP contribution < -0.4 is 14.4 Å². The van der Waals surface area contributed by atoms with E-state index in [0.717, 1.165) is 40.9 Å². The predicted molar refractivity (Wildman–Crippen MR) is 145 cm³/mol. The van der Waals surface area contributed by atoms with Gasteiger partial charge in [0, 0.05) is 30.9 Å². The van der Waals surface area contributed by atoms with Crippen molar-refractivity contribution >= 4 is 33.4 Å². The van der Waals surface area contributed by atoms with Crippen molar-refractivity contribution in [3.8, 4) is 17.1 Å². The Bertz CT molecular complexity index is 1340. The molecule has 0 radical (unpaired) electrons. The van der Waals surface area contributed by atoms with Gasteiger partial charge in [-0.2, -0.15) is 4.98 Å². The number of rotatable bonds is 10. The minimum atomic E-state index is -1.47. The second kappa shape index (κ2) is 11.4. The lowest BCUT2D eigenvalue weighted by atomic mass is 10.0. The first-order valence-electron chi connectivity index (χ1n) is 12.0. The molecular formula is C27H32N6O2S. The monoisotopic (exact) mass is 504 g/mol. The first kappa shape index (κ1) is 25.5. The van der Waals surface area contributed by atoms with Crippen molar-refractivity contribution in [2.45, 2.75) is 32.6 Å². The number of hydrogen-bond donors (Lipinski definition) is 1. The summed E-state index contributed by atoms with van der Waals surface area (Å²) in [5.41, 5.74) is 1.58. The number of nitrogens with one attached hydrogen (secondary N) is 1. The van der Waals surface area contributed by atoms with Gasteiger partial charge in [-0.3, -0.25) is 9.71 Å². The van der Waals surface area contributed by atoms with Gasteiger partial charge in [-0.15, -0.1) is 0 Å². The van der Waals surface area contributed by atoms with Crippen LogP contribution >= 0.6 is 0 Å². The van der Waals surface area contributed by atoms with Gasteiger partial charge in [0.1, 0.15) is 18.0 Å². The summed E-state index contributed by atoms with van der Waals surface area (Å²) in [7, 11) is 0.166. The summed E-state index contributed by atoms with van der Waals surface area (Å²) in [5, 5.41) is 1.84. The minimum Gasteiger partial charge on any atom is -0.480 e. The average Bonchev–Trinajstić information content (AvgIpc) is 2.87. The Morgan fingerprint density at radius 2 is 1.75 bits per heavy atom. The van der Waals surface area contributed by atoms with Gasteiger partial charge in [-0.25, -0.2) is 14.2 Å². The van der Waals surface area contributed by atoms with Crippen LogP contribution in [0.4, 0.5) is 11.6 Å². The zero-order valence-electron chi connectivity index (χ0n) is 21.3. The predicted octanol–water partition coefficient (Wildman–Crippen LogP) is 5.35. The van der Waals surface area contributed by atoms with Crippen LogP contribution in [0, 0.1) is 11.8 Å². The van der Waals surface area contributed by atoms with Crippen molar-refractivity contribution < 1.29 is 8.95 Å². The molecule has 0 fully saturated rings. The molecule has 3 aromatic heterocycles. The van der Waals surface area contributed by atoms with Crippen LogP contribution in [0.3, 0.4) is 0 Å². The molecule has 1 unspecified atom stereocenters. The van der Waals surface area contributed by atoms with E-state index in [-0.39, 0.29) is 0 Å². The number of anilines is 2. The van der Waals surface area contributed by atoms with E-state index >= 15 is 0 Å². The Morgan fingerprint density at radius 3 is 2.42 bits per heavy atom. The van der Waals surface area contributed by atoms with E-state index in [4.69, 9.17) is 9.72 Å². The van der Waals surface area contributed by atoms with Crippen LogP contribution in [-0.2, 0) is 11.0 Å². The Hall–Kier alpha value is -3.59. The fourth-order valence-corrected chi connectivity index (χ4v) is 4.93. The van der Waals surface area contributed by atoms with Crippen LogP contribution in [-0.4, -0.2) is 44.3 Å². The Balaban J connectivity index is 1.68. The number of nitrogens with zero attached hydrogens (tertiary/aromatic N) is 5. The molecule has 0 aliphatic rings. The van der Waals surface area contributed by atoms with Crippen molar-refractivity contribution in [3.05, 3.63) is 61.2 Å². The molecule has 4 aromatic rings. The number of benzene rings is 1. The number of methoxy groups -OCH3 is 1. The molecule has 1 atom stereocenters. The van der Waals surface area contributed by atoms with Gasteiger partial charge in [-0.1, -0.05) is 33.8 Å². The molecule has 188 valence electrons. The summed E-state index contributed by atoms with van der Waals surface area (Å²) in [6.45, 7) is 10.7. The number of ether oxygens (including phenoxy) is 1. The third kappa shape index (κ3) is 5.96. The molecule has 36 heavy (non-hydrogen) atoms. The highest BCUT2D eigenvalue weighted by Gasteiger charge is 2.18. The summed E-state index contributed by atoms with van der Waals surface area (Å²) in [6, 6.07) is 13.3. The van der Waals surface area contributed by atoms with E-state index in [1.165, 1.54) is 6.33 Å². The molecule has 8 nitrogen and oxygen atoms in total. The van der Waals surface area contributed by atoms with E-state index in [1.807, 2.05) is 36.4 Å². The highest BCUT2D eigenvalue weighted by molar-refractivity contribution is 7.86. The third-order valence-corrected chi connectivity index (χ3v) is 6.59. The second-order valence-electron chi connectivity index (χ2n) is 9.43. The van der Waals surface area contributed by atoms with Gasteiger partial charge in [-0.05, 0) is 53.6 Å². The number of pyridine rings is 2. The number of hydrogen-bond acceptors (Lipinski definition) is 7. The maximum Gasteiger partial charge on any atom is 0.224 e. The molecule has 9 heteroatoms. The minimum absolute atomic E-state index is 0.499. The fourth-order valence-electron chi connectivity index (χ4n) is 4.08. The summed E-state index contributed by atoms with van der Waals surface area (Å²) in [5.74, 6) is 2.95. The largest absolute Gasteiger partial charge is 0.480 e. The highest BCUT2D eigenvalue weighted by Crippen LogP contribution is 2.34. The van der Waals surface area contributed by atoms with Gasteiger partial charge in [0.15, 0.2) is 11.0 Å². The molecule has 0 aliphatic heterocycles. The molecule has 3 heterocycles. The van der Waals surface area contributed by atoms with E-state index < -0.39 is 11.0 Å². The van der Waals surface area contributed by atoms with Crippen LogP contribution in [0.25, 0.3) is 22.0 Å². The molecule has 0 aliphatic carbocycles. The van der Waals surface area contributed by atoms with Crippen molar-refractivity contribution in [1.82, 2.24) is 19.9 Å². The zero-order valence-corrected chi connectivity index (χ0v) is 22.1. The summed E-state index contributed by atoms with van der Waals surface area (Å²) < 4.78 is 21.5. The lowest BCUT2D eigenvalue weighted by Crippen LogP contribution is -2.32. The van der Waals surface area contributed by atoms with Crippen molar-refractivity contribution in [1.29, 1.82) is 0 Å². The van der Waals surface area contributed by atoms with Crippen LogP contribution in [0.5, 0.6) is 5.88 Å². The molecule has 0 saturated heterocycles. The second-order valence-corrected chi connectivity index (χ2v) is 10.6. The maximum atomic E-state index is 12.9. The van der Waals surface area contributed by atoms with Crippen molar-refractivity contribution in [2.24, 2.45) is 11.8 Å². The Morgan fingerprint density at radius 1 is 0.972 bits per heavy atom. The van der Waals surface area contributed by atoms with E-state index in [0.29, 0.717) is 28.4 Å². The van der Waals surface area contributed by atoms with Gasteiger partial charge in [0.2, 0.25) is 5.88 Å². The normalized spacial score (nSPS) is 12.2. The van der Waals surface area contributed by atoms with E-state index in [9.17, 15) is 4.21 Å². The van der Waals surface area contributed by atoms with Gasteiger partial charge < -0.3 is 9.64 Å². The molecule has 0 saturated carbocycles. The van der Waals surface area contributed by atoms with Gasteiger partial charge in [0.05, 0.1) is 23.3 Å². The van der Waals surface area contributed by atoms with Crippen LogP contribution in [0.15, 0.2) is 66.1 Å². The quantitative estimate of drug-likeness (QED) is 0.311. The van der Waals surface area contributed by atoms with Crippen molar-refractivity contribution in [2.75, 3.05) is 29.8 Å². The summed E-state index contributed by atoms with van der Waals surface area (Å²) in [4.78, 5) is 20.4. The van der Waals surface area contributed by atoms with E-state index in [1.54, 1.807) is 25.6 Å². The van der Waals surface area contributed by atoms with Crippen molar-refractivity contribution in [3.63, 3.8) is 0 Å². The SMILES string of the molecule is COc1nc(N(CC(C)C)CC(C)C)ccc1-c1nccc2cc(S(=O)Nc3ccncn3)ccc12. The molecule has 4 rings (SSSR count). The highest BCUT2D eigenvalue weighted by atomic mass is 32.2. The first-order valence-corrected chi connectivity index (χ1v) is 13.1. The smallest absolute Gasteiger partial charge is 0.224 e. The zero-order chi connectivity index (χ0) is 25.7. The Kier molecular flexibility index (Phi) is 8.10. The topological polar surface area (TPSA) is 93.1 Å². The standard InChI is InChI=1S/C27H32N6O2S/c1-18(2)15-33(16-19(3)4)25-9-8-23(27(31-25)35-5)26-22-7-6-21(14-20(22)10-13-29-26)36(34)32-24-11-12-28-17-30-24/h6-14,17-19H,15-16H2,1-5H3,(H,28,30,32). The average molecular weight is 505 g/mol. The lowest BCUT2D eigenvalue weighted by Gasteiger charge is -2.28. The molecule has 1 aromatic carbocycles. The number of aromatic nitrogens is 4. The van der Waals surface area contributed by atoms with Crippen LogP contribution in [0.2, 0.25) is 0 Å². The molecule has 0 amide bonds. The van der Waals surface area contributed by atoms with Gasteiger partial charge >= 0.3 is 0 Å². The number of fused-ring (bicyclic) bond motifs is 1. The maximum absolute atomic E-state index is 12.9. The first-order chi connectivity index (χ1) is 17.4. The molecule has 0 bridgehead atoms. The summed E-state index contributed by atoms with van der Waals surface area (Å²) >= 11 is 0. The third-order valence-electron chi connectivity index (χ3n) is 5.52. The van der Waals surface area contributed by atoms with E-state index in [2.05, 4.69) is 52.3 Å². The molecule has 1 N–H and O–H groups in total. The van der Waals surface area contributed by atoms with Gasteiger partial charge in [0.25, 0.3) is 0 Å². The Labute approximate surface area is 214 Å². The summed E-state index contributed by atoms with van der Waals surface area (Å²) in [6.07, 6.45) is 4.76. The molecular weight excluding hydrogens is 472 g/mol. The molecule has 0 spiro atoms. The lowest BCUT2D eigenvalue weighted by molar-refractivity contribution is 0.399. The fraction of sp³-hybridized carbons (Fsp3) is 0.333.